The Morgan fingerprint density at radius 3 is 2.64 bits per heavy atom. The van der Waals surface area contributed by atoms with E-state index in [0.717, 1.165) is 33.2 Å². The van der Waals surface area contributed by atoms with Crippen molar-refractivity contribution in [2.24, 2.45) is 0 Å². The lowest BCUT2D eigenvalue weighted by atomic mass is 10.2. The van der Waals surface area contributed by atoms with Gasteiger partial charge in [-0.15, -0.1) is 11.3 Å². The van der Waals surface area contributed by atoms with Crippen LogP contribution in [0.5, 0.6) is 11.5 Å². The molecule has 0 saturated heterocycles. The van der Waals surface area contributed by atoms with E-state index in [1.165, 1.54) is 10.4 Å². The molecule has 0 spiro atoms. The van der Waals surface area contributed by atoms with Crippen molar-refractivity contribution < 1.29 is 9.47 Å². The summed E-state index contributed by atoms with van der Waals surface area (Å²) in [5.74, 6) is 2.27. The van der Waals surface area contributed by atoms with Crippen molar-refractivity contribution in [1.82, 2.24) is 9.97 Å². The Morgan fingerprint density at radius 2 is 1.91 bits per heavy atom. The highest BCUT2D eigenvalue weighted by Gasteiger charge is 2.14. The summed E-state index contributed by atoms with van der Waals surface area (Å²) < 4.78 is 10.7. The molecule has 0 aliphatic carbocycles. The predicted octanol–water partition coefficient (Wildman–Crippen LogP) is 4.07. The van der Waals surface area contributed by atoms with E-state index in [9.17, 15) is 0 Å². The summed E-state index contributed by atoms with van der Waals surface area (Å²) in [5, 5.41) is 4.40. The van der Waals surface area contributed by atoms with Gasteiger partial charge in [0.05, 0.1) is 25.3 Å². The number of thiophene rings is 1. The third-order valence-electron chi connectivity index (χ3n) is 3.63. The lowest BCUT2D eigenvalue weighted by Crippen LogP contribution is -1.99. The molecule has 0 unspecified atom stereocenters. The number of aromatic nitrogens is 2. The number of hydrogen-bond donors (Lipinski definition) is 1. The number of anilines is 2. The fourth-order valence-corrected chi connectivity index (χ4v) is 3.31. The fourth-order valence-electron chi connectivity index (χ4n) is 2.32. The zero-order chi connectivity index (χ0) is 15.7. The third-order valence-corrected chi connectivity index (χ3v) is 4.74. The molecular formula is C16H17N3O2S. The SMILES string of the molecule is COc1ccc(OC)c(Nc2ncnc3sc(C)c(C)c23)c1. The van der Waals surface area contributed by atoms with Crippen LogP contribution < -0.4 is 14.8 Å². The molecule has 0 atom stereocenters. The number of methoxy groups -OCH3 is 2. The second kappa shape index (κ2) is 5.81. The van der Waals surface area contributed by atoms with Gasteiger partial charge in [-0.1, -0.05) is 0 Å². The maximum Gasteiger partial charge on any atom is 0.142 e. The predicted molar refractivity (Wildman–Crippen MR) is 89.7 cm³/mol. The molecule has 1 aromatic carbocycles. The van der Waals surface area contributed by atoms with Gasteiger partial charge in [-0.2, -0.15) is 0 Å². The molecule has 3 rings (SSSR count). The molecule has 1 N–H and O–H groups in total. The van der Waals surface area contributed by atoms with Crippen molar-refractivity contribution in [2.45, 2.75) is 13.8 Å². The van der Waals surface area contributed by atoms with Gasteiger partial charge in [0.15, 0.2) is 0 Å². The average Bonchev–Trinajstić information content (AvgIpc) is 2.83. The van der Waals surface area contributed by atoms with Gasteiger partial charge in [-0.05, 0) is 31.5 Å². The minimum atomic E-state index is 0.733. The fraction of sp³-hybridized carbons (Fsp3) is 0.250. The highest BCUT2D eigenvalue weighted by atomic mass is 32.1. The smallest absolute Gasteiger partial charge is 0.142 e. The van der Waals surface area contributed by atoms with Crippen molar-refractivity contribution in [2.75, 3.05) is 19.5 Å². The number of hydrogen-bond acceptors (Lipinski definition) is 6. The van der Waals surface area contributed by atoms with Crippen LogP contribution in [0, 0.1) is 13.8 Å². The zero-order valence-corrected chi connectivity index (χ0v) is 13.7. The Labute approximate surface area is 132 Å². The van der Waals surface area contributed by atoms with Crippen LogP contribution in [0.2, 0.25) is 0 Å². The number of nitrogens with one attached hydrogen (secondary N) is 1. The number of aryl methyl sites for hydroxylation is 2. The highest BCUT2D eigenvalue weighted by molar-refractivity contribution is 7.18. The summed E-state index contributed by atoms with van der Waals surface area (Å²) in [5.41, 5.74) is 2.01. The monoisotopic (exact) mass is 315 g/mol. The summed E-state index contributed by atoms with van der Waals surface area (Å²) in [4.78, 5) is 11.0. The van der Waals surface area contributed by atoms with Crippen LogP contribution in [0.1, 0.15) is 10.4 Å². The summed E-state index contributed by atoms with van der Waals surface area (Å²) in [6.45, 7) is 4.18. The van der Waals surface area contributed by atoms with Crippen LogP contribution in [0.15, 0.2) is 24.5 Å². The summed E-state index contributed by atoms with van der Waals surface area (Å²) >= 11 is 1.67. The van der Waals surface area contributed by atoms with Gasteiger partial charge in [0.25, 0.3) is 0 Å². The summed E-state index contributed by atoms with van der Waals surface area (Å²) in [6, 6.07) is 5.62. The number of nitrogens with zero attached hydrogens (tertiary/aromatic N) is 2. The zero-order valence-electron chi connectivity index (χ0n) is 12.9. The lowest BCUT2D eigenvalue weighted by Gasteiger charge is -2.13. The van der Waals surface area contributed by atoms with E-state index >= 15 is 0 Å². The molecule has 0 radical (unpaired) electrons. The van der Waals surface area contributed by atoms with Crippen molar-refractivity contribution in [1.29, 1.82) is 0 Å². The lowest BCUT2D eigenvalue weighted by molar-refractivity contribution is 0.405. The Morgan fingerprint density at radius 1 is 1.09 bits per heavy atom. The largest absolute Gasteiger partial charge is 0.497 e. The molecule has 114 valence electrons. The summed E-state index contributed by atoms with van der Waals surface area (Å²) in [7, 11) is 3.28. The van der Waals surface area contributed by atoms with Crippen LogP contribution in [0.4, 0.5) is 11.5 Å². The first-order valence-electron chi connectivity index (χ1n) is 6.83. The molecule has 2 heterocycles. The van der Waals surface area contributed by atoms with Gasteiger partial charge in [-0.25, -0.2) is 9.97 Å². The topological polar surface area (TPSA) is 56.3 Å². The minimum Gasteiger partial charge on any atom is -0.497 e. The maximum absolute atomic E-state index is 5.41. The van der Waals surface area contributed by atoms with E-state index in [0.29, 0.717) is 0 Å². The molecule has 6 heteroatoms. The quantitative estimate of drug-likeness (QED) is 0.786. The minimum absolute atomic E-state index is 0.733. The first-order chi connectivity index (χ1) is 10.6. The third kappa shape index (κ3) is 2.46. The molecule has 5 nitrogen and oxygen atoms in total. The number of ether oxygens (including phenoxy) is 2. The van der Waals surface area contributed by atoms with Crippen LogP contribution in [0.3, 0.4) is 0 Å². The van der Waals surface area contributed by atoms with Crippen LogP contribution in [-0.4, -0.2) is 24.2 Å². The van der Waals surface area contributed by atoms with Crippen molar-refractivity contribution in [3.05, 3.63) is 35.0 Å². The standard InChI is InChI=1S/C16H17N3O2S/c1-9-10(2)22-16-14(9)15(17-8-18-16)19-12-7-11(20-3)5-6-13(12)21-4/h5-8H,1-4H3,(H,17,18,19). The average molecular weight is 315 g/mol. The molecule has 0 saturated carbocycles. The molecule has 0 aliphatic heterocycles. The molecule has 2 aromatic heterocycles. The maximum atomic E-state index is 5.41. The molecule has 0 amide bonds. The molecule has 0 fully saturated rings. The molecule has 0 aliphatic rings. The van der Waals surface area contributed by atoms with E-state index in [1.54, 1.807) is 31.9 Å². The van der Waals surface area contributed by atoms with E-state index < -0.39 is 0 Å². The Bertz CT molecular complexity index is 830. The van der Waals surface area contributed by atoms with Gasteiger partial charge >= 0.3 is 0 Å². The molecule has 0 bridgehead atoms. The number of benzene rings is 1. The first kappa shape index (κ1) is 14.6. The highest BCUT2D eigenvalue weighted by Crippen LogP contribution is 2.36. The normalized spacial score (nSPS) is 10.7. The van der Waals surface area contributed by atoms with E-state index in [-0.39, 0.29) is 0 Å². The van der Waals surface area contributed by atoms with Gasteiger partial charge in [0.2, 0.25) is 0 Å². The first-order valence-corrected chi connectivity index (χ1v) is 7.65. The van der Waals surface area contributed by atoms with Crippen molar-refractivity contribution in [3.8, 4) is 11.5 Å². The van der Waals surface area contributed by atoms with E-state index in [4.69, 9.17) is 9.47 Å². The summed E-state index contributed by atoms with van der Waals surface area (Å²) in [6.07, 6.45) is 1.58. The van der Waals surface area contributed by atoms with Crippen LogP contribution >= 0.6 is 11.3 Å². The van der Waals surface area contributed by atoms with Gasteiger partial charge in [-0.3, -0.25) is 0 Å². The van der Waals surface area contributed by atoms with Crippen molar-refractivity contribution in [3.63, 3.8) is 0 Å². The second-order valence-electron chi connectivity index (χ2n) is 4.88. The van der Waals surface area contributed by atoms with Gasteiger partial charge in [0, 0.05) is 10.9 Å². The van der Waals surface area contributed by atoms with Gasteiger partial charge in [0.1, 0.15) is 28.5 Å². The molecular weight excluding hydrogens is 298 g/mol. The Kier molecular flexibility index (Phi) is 3.85. The van der Waals surface area contributed by atoms with Crippen LogP contribution in [-0.2, 0) is 0 Å². The Hall–Kier alpha value is -2.34. The Balaban J connectivity index is 2.10. The molecule has 3 aromatic rings. The second-order valence-corrected chi connectivity index (χ2v) is 6.08. The van der Waals surface area contributed by atoms with Crippen LogP contribution in [0.25, 0.3) is 10.2 Å². The van der Waals surface area contributed by atoms with Gasteiger partial charge < -0.3 is 14.8 Å². The molecule has 22 heavy (non-hydrogen) atoms. The van der Waals surface area contributed by atoms with Crippen molar-refractivity contribution >= 4 is 33.1 Å². The van der Waals surface area contributed by atoms with E-state index in [2.05, 4.69) is 29.1 Å². The van der Waals surface area contributed by atoms with E-state index in [1.807, 2.05) is 18.2 Å². The number of fused-ring (bicyclic) bond motifs is 1. The number of rotatable bonds is 4.